The van der Waals surface area contributed by atoms with Gasteiger partial charge in [0, 0.05) is 37.9 Å². The zero-order valence-electron chi connectivity index (χ0n) is 11.1. The fourth-order valence-electron chi connectivity index (χ4n) is 2.53. The quantitative estimate of drug-likeness (QED) is 0.850. The predicted octanol–water partition coefficient (Wildman–Crippen LogP) is 1.33. The number of aryl methyl sites for hydroxylation is 1. The molecule has 1 unspecified atom stereocenters. The smallest absolute Gasteiger partial charge is 0.0396 e. The number of nitrogens with one attached hydrogen (secondary N) is 1. The van der Waals surface area contributed by atoms with E-state index in [2.05, 4.69) is 60.4 Å². The minimum atomic E-state index is 0.568. The molecule has 1 aliphatic heterocycles. The molecule has 1 heterocycles. The number of anilines is 1. The SMILES string of the molecule is Cc1ccccc1N1CCNC(CN(C)C)C1. The monoisotopic (exact) mass is 233 g/mol. The summed E-state index contributed by atoms with van der Waals surface area (Å²) >= 11 is 0. The summed E-state index contributed by atoms with van der Waals surface area (Å²) in [6.45, 7) is 6.57. The van der Waals surface area contributed by atoms with Crippen LogP contribution in [-0.4, -0.2) is 51.2 Å². The first kappa shape index (κ1) is 12.4. The molecule has 1 aliphatic rings. The number of hydrogen-bond acceptors (Lipinski definition) is 3. The zero-order valence-corrected chi connectivity index (χ0v) is 11.1. The Balaban J connectivity index is 2.04. The summed E-state index contributed by atoms with van der Waals surface area (Å²) < 4.78 is 0. The number of benzene rings is 1. The largest absolute Gasteiger partial charge is 0.368 e. The first-order chi connectivity index (χ1) is 8.16. The molecule has 0 saturated carbocycles. The summed E-state index contributed by atoms with van der Waals surface area (Å²) in [6, 6.07) is 9.23. The molecule has 1 fully saturated rings. The van der Waals surface area contributed by atoms with Crippen molar-refractivity contribution in [1.82, 2.24) is 10.2 Å². The third kappa shape index (κ3) is 3.20. The molecule has 1 N–H and O–H groups in total. The highest BCUT2D eigenvalue weighted by molar-refractivity contribution is 5.53. The van der Waals surface area contributed by atoms with Crippen molar-refractivity contribution in [2.75, 3.05) is 45.2 Å². The van der Waals surface area contributed by atoms with Crippen molar-refractivity contribution < 1.29 is 0 Å². The molecular weight excluding hydrogens is 210 g/mol. The Morgan fingerprint density at radius 3 is 2.82 bits per heavy atom. The predicted molar refractivity (Wildman–Crippen MR) is 73.7 cm³/mol. The lowest BCUT2D eigenvalue weighted by Crippen LogP contribution is -2.54. The summed E-state index contributed by atoms with van der Waals surface area (Å²) in [7, 11) is 4.27. The minimum absolute atomic E-state index is 0.568. The van der Waals surface area contributed by atoms with E-state index in [9.17, 15) is 0 Å². The van der Waals surface area contributed by atoms with E-state index in [1.54, 1.807) is 0 Å². The van der Waals surface area contributed by atoms with E-state index < -0.39 is 0 Å². The molecule has 0 amide bonds. The van der Waals surface area contributed by atoms with Crippen molar-refractivity contribution in [3.05, 3.63) is 29.8 Å². The lowest BCUT2D eigenvalue weighted by atomic mass is 10.1. The van der Waals surface area contributed by atoms with Crippen molar-refractivity contribution in [3.63, 3.8) is 0 Å². The van der Waals surface area contributed by atoms with Crippen molar-refractivity contribution in [3.8, 4) is 0 Å². The van der Waals surface area contributed by atoms with Crippen LogP contribution >= 0.6 is 0 Å². The van der Waals surface area contributed by atoms with Crippen LogP contribution in [0.3, 0.4) is 0 Å². The highest BCUT2D eigenvalue weighted by Gasteiger charge is 2.20. The van der Waals surface area contributed by atoms with Crippen LogP contribution in [0, 0.1) is 6.92 Å². The molecule has 3 nitrogen and oxygen atoms in total. The molecular formula is C14H23N3. The first-order valence-corrected chi connectivity index (χ1v) is 6.35. The van der Waals surface area contributed by atoms with Gasteiger partial charge in [0.25, 0.3) is 0 Å². The second-order valence-electron chi connectivity index (χ2n) is 5.15. The van der Waals surface area contributed by atoms with Gasteiger partial charge in [-0.2, -0.15) is 0 Å². The van der Waals surface area contributed by atoms with Crippen LogP contribution in [0.2, 0.25) is 0 Å². The Hall–Kier alpha value is -1.06. The van der Waals surface area contributed by atoms with Gasteiger partial charge in [-0.15, -0.1) is 0 Å². The van der Waals surface area contributed by atoms with Gasteiger partial charge in [-0.1, -0.05) is 18.2 Å². The standard InChI is InChI=1S/C14H23N3/c1-12-6-4-5-7-14(12)17-9-8-15-13(11-17)10-16(2)3/h4-7,13,15H,8-11H2,1-3H3. The van der Waals surface area contributed by atoms with Gasteiger partial charge < -0.3 is 15.1 Å². The molecule has 0 aromatic heterocycles. The van der Waals surface area contributed by atoms with Crippen molar-refractivity contribution in [2.24, 2.45) is 0 Å². The third-order valence-electron chi connectivity index (χ3n) is 3.30. The summed E-state index contributed by atoms with van der Waals surface area (Å²) in [4.78, 5) is 4.75. The highest BCUT2D eigenvalue weighted by Crippen LogP contribution is 2.20. The van der Waals surface area contributed by atoms with Crippen molar-refractivity contribution in [2.45, 2.75) is 13.0 Å². The van der Waals surface area contributed by atoms with E-state index >= 15 is 0 Å². The molecule has 0 aliphatic carbocycles. The van der Waals surface area contributed by atoms with E-state index in [0.29, 0.717) is 6.04 Å². The van der Waals surface area contributed by atoms with Gasteiger partial charge in [0.15, 0.2) is 0 Å². The molecule has 0 radical (unpaired) electrons. The fourth-order valence-corrected chi connectivity index (χ4v) is 2.53. The van der Waals surface area contributed by atoms with Crippen LogP contribution in [0.4, 0.5) is 5.69 Å². The Morgan fingerprint density at radius 1 is 1.35 bits per heavy atom. The van der Waals surface area contributed by atoms with Gasteiger partial charge in [-0.3, -0.25) is 0 Å². The number of likely N-dealkylation sites (N-methyl/N-ethyl adjacent to an activating group) is 1. The van der Waals surface area contributed by atoms with Gasteiger partial charge in [-0.05, 0) is 32.6 Å². The lowest BCUT2D eigenvalue weighted by Gasteiger charge is -2.37. The normalized spacial score (nSPS) is 20.9. The molecule has 17 heavy (non-hydrogen) atoms. The lowest BCUT2D eigenvalue weighted by molar-refractivity contribution is 0.323. The third-order valence-corrected chi connectivity index (χ3v) is 3.30. The second-order valence-corrected chi connectivity index (χ2v) is 5.15. The fraction of sp³-hybridized carbons (Fsp3) is 0.571. The average molecular weight is 233 g/mol. The number of piperazine rings is 1. The second kappa shape index (κ2) is 5.52. The van der Waals surface area contributed by atoms with Crippen LogP contribution in [0.25, 0.3) is 0 Å². The summed E-state index contributed by atoms with van der Waals surface area (Å²) in [5.41, 5.74) is 2.76. The number of para-hydroxylation sites is 1. The molecule has 3 heteroatoms. The summed E-state index contributed by atoms with van der Waals surface area (Å²) in [6.07, 6.45) is 0. The number of rotatable bonds is 3. The Kier molecular flexibility index (Phi) is 4.02. The summed E-state index contributed by atoms with van der Waals surface area (Å²) in [5.74, 6) is 0. The summed E-state index contributed by atoms with van der Waals surface area (Å²) in [5, 5.41) is 3.59. The topological polar surface area (TPSA) is 18.5 Å². The Bertz CT molecular complexity index is 362. The van der Waals surface area contributed by atoms with Crippen molar-refractivity contribution in [1.29, 1.82) is 0 Å². The molecule has 94 valence electrons. The Morgan fingerprint density at radius 2 is 2.12 bits per heavy atom. The van der Waals surface area contributed by atoms with E-state index in [1.165, 1.54) is 11.3 Å². The molecule has 1 saturated heterocycles. The molecule has 1 aromatic carbocycles. The minimum Gasteiger partial charge on any atom is -0.368 e. The maximum Gasteiger partial charge on any atom is 0.0396 e. The van der Waals surface area contributed by atoms with E-state index in [1.807, 2.05) is 0 Å². The van der Waals surface area contributed by atoms with Gasteiger partial charge >= 0.3 is 0 Å². The molecule has 2 rings (SSSR count). The number of hydrogen-bond donors (Lipinski definition) is 1. The molecule has 0 spiro atoms. The van der Waals surface area contributed by atoms with Gasteiger partial charge in [0.2, 0.25) is 0 Å². The highest BCUT2D eigenvalue weighted by atomic mass is 15.2. The van der Waals surface area contributed by atoms with Crippen molar-refractivity contribution >= 4 is 5.69 Å². The zero-order chi connectivity index (χ0) is 12.3. The van der Waals surface area contributed by atoms with Crippen LogP contribution in [0.5, 0.6) is 0 Å². The van der Waals surface area contributed by atoms with Crippen LogP contribution in [-0.2, 0) is 0 Å². The molecule has 1 aromatic rings. The maximum atomic E-state index is 3.59. The van der Waals surface area contributed by atoms with E-state index in [0.717, 1.165) is 26.2 Å². The molecule has 1 atom stereocenters. The molecule has 0 bridgehead atoms. The van der Waals surface area contributed by atoms with Crippen LogP contribution < -0.4 is 10.2 Å². The maximum absolute atomic E-state index is 3.59. The van der Waals surface area contributed by atoms with E-state index in [4.69, 9.17) is 0 Å². The van der Waals surface area contributed by atoms with Gasteiger partial charge in [0.05, 0.1) is 0 Å². The van der Waals surface area contributed by atoms with Gasteiger partial charge in [0.1, 0.15) is 0 Å². The Labute approximate surface area is 104 Å². The van der Waals surface area contributed by atoms with Crippen LogP contribution in [0.1, 0.15) is 5.56 Å². The average Bonchev–Trinajstić information content (AvgIpc) is 2.29. The van der Waals surface area contributed by atoms with Gasteiger partial charge in [-0.25, -0.2) is 0 Å². The van der Waals surface area contributed by atoms with Crippen LogP contribution in [0.15, 0.2) is 24.3 Å². The first-order valence-electron chi connectivity index (χ1n) is 6.35. The number of nitrogens with zero attached hydrogens (tertiary/aromatic N) is 2. The van der Waals surface area contributed by atoms with E-state index in [-0.39, 0.29) is 0 Å².